The molecule has 1 amide bonds. The van der Waals surface area contributed by atoms with E-state index in [4.69, 9.17) is 13.8 Å². The largest absolute Gasteiger partial charge is 0.480 e. The van der Waals surface area contributed by atoms with Crippen LogP contribution in [-0.4, -0.2) is 64.9 Å². The Bertz CT molecular complexity index is 1300. The monoisotopic (exact) mass is 908 g/mol. The molecule has 3 atom stereocenters. The summed E-state index contributed by atoms with van der Waals surface area (Å²) in [5, 5.41) is 21.9. The summed E-state index contributed by atoms with van der Waals surface area (Å²) in [7, 11) is -4.77. The molecule has 0 radical (unpaired) electrons. The number of aliphatic carboxylic acids is 1. The molecule has 0 aliphatic heterocycles. The molecule has 63 heavy (non-hydrogen) atoms. The number of hydrogen-bond acceptors (Lipinski definition) is 8. The van der Waals surface area contributed by atoms with Crippen LogP contribution >= 0.6 is 7.82 Å². The summed E-state index contributed by atoms with van der Waals surface area (Å²) in [5.74, 6) is -2.39. The van der Waals surface area contributed by atoms with Crippen LogP contribution in [-0.2, 0) is 32.7 Å². The van der Waals surface area contributed by atoms with Crippen molar-refractivity contribution in [2.45, 2.75) is 225 Å². The fourth-order valence-electron chi connectivity index (χ4n) is 6.65. The molecule has 4 N–H and O–H groups in total. The van der Waals surface area contributed by atoms with E-state index in [-0.39, 0.29) is 12.8 Å². The molecule has 0 aromatic heterocycles. The fraction of sp³-hybridized carbons (Fsp3) is 0.745. The van der Waals surface area contributed by atoms with Crippen molar-refractivity contribution in [1.82, 2.24) is 5.32 Å². The Labute approximate surface area is 383 Å². The van der Waals surface area contributed by atoms with Gasteiger partial charge in [-0.15, -0.1) is 0 Å². The predicted molar refractivity (Wildman–Crippen MR) is 258 cm³/mol. The van der Waals surface area contributed by atoms with Crippen LogP contribution in [0.5, 0.6) is 0 Å². The first kappa shape index (κ1) is 60.2. The van der Waals surface area contributed by atoms with Crippen molar-refractivity contribution in [1.29, 1.82) is 0 Å². The van der Waals surface area contributed by atoms with E-state index in [9.17, 15) is 34.1 Å². The van der Waals surface area contributed by atoms with E-state index in [1.54, 1.807) is 0 Å². The highest BCUT2D eigenvalue weighted by molar-refractivity contribution is 7.47. The SMILES string of the molecule is CCCCC/C=C\C/C=C\C/C=C\CCCCCCCCCCC(=O)NC(COP(=O)(O)OCC(O)COC(=O)CCCCCCCCC/C=C\C/C=C\CCCCCC)C(=O)O. The van der Waals surface area contributed by atoms with Crippen molar-refractivity contribution in [3.05, 3.63) is 60.8 Å². The van der Waals surface area contributed by atoms with E-state index in [0.717, 1.165) is 77.0 Å². The Morgan fingerprint density at radius 2 is 0.873 bits per heavy atom. The highest BCUT2D eigenvalue weighted by Gasteiger charge is 2.28. The van der Waals surface area contributed by atoms with Crippen LogP contribution in [0.4, 0.5) is 0 Å². The molecule has 3 unspecified atom stereocenters. The number of carbonyl (C=O) groups excluding carboxylic acids is 2. The number of phosphoric ester groups is 1. The summed E-state index contributed by atoms with van der Waals surface area (Å²) in [5.41, 5.74) is 0. The standard InChI is InChI=1S/C51H90NO10P/c1-3-5-7-9-11-13-15-17-19-21-23-24-25-26-28-30-32-34-36-38-40-42-49(54)52-48(51(56)57)46-62-63(58,59)61-45-47(53)44-60-50(55)43-41-39-37-35-33-31-29-27-22-20-18-16-14-12-10-8-6-4-2/h11,13-14,16-17,19-20,22-24,47-48,53H,3-10,12,15,18,21,25-46H2,1-2H3,(H,52,54)(H,56,57)(H,58,59)/b13-11-,16-14-,19-17-,22-20-,24-23-. The van der Waals surface area contributed by atoms with E-state index in [1.807, 2.05) is 0 Å². The van der Waals surface area contributed by atoms with Gasteiger partial charge in [-0.25, -0.2) is 9.36 Å². The lowest BCUT2D eigenvalue weighted by molar-refractivity contribution is -0.147. The molecule has 0 aliphatic rings. The van der Waals surface area contributed by atoms with Gasteiger partial charge >= 0.3 is 19.8 Å². The summed E-state index contributed by atoms with van der Waals surface area (Å²) in [6, 6.07) is -1.55. The Kier molecular flexibility index (Phi) is 43.7. The van der Waals surface area contributed by atoms with Crippen LogP contribution in [0.2, 0.25) is 0 Å². The lowest BCUT2D eigenvalue weighted by Crippen LogP contribution is -2.43. The van der Waals surface area contributed by atoms with Gasteiger partial charge in [-0.05, 0) is 83.5 Å². The second kappa shape index (κ2) is 45.7. The van der Waals surface area contributed by atoms with Gasteiger partial charge in [-0.3, -0.25) is 18.6 Å². The number of rotatable bonds is 46. The molecule has 12 heteroatoms. The molecule has 364 valence electrons. The van der Waals surface area contributed by atoms with Gasteiger partial charge in [0.25, 0.3) is 0 Å². The average Bonchev–Trinajstić information content (AvgIpc) is 3.26. The molecule has 0 spiro atoms. The molecule has 11 nitrogen and oxygen atoms in total. The average molecular weight is 908 g/mol. The molecule has 0 fully saturated rings. The number of carboxylic acid groups (broad SMARTS) is 1. The molecule has 0 aliphatic carbocycles. The van der Waals surface area contributed by atoms with Crippen molar-refractivity contribution in [2.75, 3.05) is 19.8 Å². The van der Waals surface area contributed by atoms with Gasteiger partial charge in [0.05, 0.1) is 13.2 Å². The Hall–Kier alpha value is -2.82. The van der Waals surface area contributed by atoms with Crippen LogP contribution in [0.3, 0.4) is 0 Å². The maximum Gasteiger partial charge on any atom is 0.472 e. The Morgan fingerprint density at radius 3 is 1.33 bits per heavy atom. The van der Waals surface area contributed by atoms with Crippen molar-refractivity contribution in [3.8, 4) is 0 Å². The van der Waals surface area contributed by atoms with Crippen molar-refractivity contribution < 1.29 is 47.8 Å². The van der Waals surface area contributed by atoms with E-state index in [0.29, 0.717) is 12.8 Å². The number of carboxylic acids is 1. The minimum atomic E-state index is -4.77. The molecule has 0 rings (SSSR count). The molecule has 0 aromatic carbocycles. The smallest absolute Gasteiger partial charge is 0.472 e. The van der Waals surface area contributed by atoms with Crippen LogP contribution < -0.4 is 5.32 Å². The Balaban J connectivity index is 3.88. The number of carbonyl (C=O) groups is 3. The van der Waals surface area contributed by atoms with Crippen molar-refractivity contribution in [3.63, 3.8) is 0 Å². The molecular weight excluding hydrogens is 818 g/mol. The topological polar surface area (TPSA) is 169 Å². The number of unbranched alkanes of at least 4 members (excludes halogenated alkanes) is 22. The number of aliphatic hydroxyl groups excluding tert-OH is 1. The van der Waals surface area contributed by atoms with Crippen LogP contribution in [0, 0.1) is 0 Å². The third-order valence-electron chi connectivity index (χ3n) is 10.5. The highest BCUT2D eigenvalue weighted by Crippen LogP contribution is 2.43. The third kappa shape index (κ3) is 45.5. The number of ether oxygens (including phenoxy) is 1. The van der Waals surface area contributed by atoms with Gasteiger partial charge in [0.1, 0.15) is 12.7 Å². The van der Waals surface area contributed by atoms with Crippen molar-refractivity contribution in [2.24, 2.45) is 0 Å². The van der Waals surface area contributed by atoms with E-state index >= 15 is 0 Å². The lowest BCUT2D eigenvalue weighted by Gasteiger charge is -2.18. The maximum atomic E-state index is 12.4. The van der Waals surface area contributed by atoms with E-state index < -0.39 is 57.6 Å². The second-order valence-corrected chi connectivity index (χ2v) is 18.1. The predicted octanol–water partition coefficient (Wildman–Crippen LogP) is 13.5. The molecular formula is C51H90NO10P. The first-order valence-electron chi connectivity index (χ1n) is 24.8. The van der Waals surface area contributed by atoms with Crippen LogP contribution in [0.15, 0.2) is 60.8 Å². The summed E-state index contributed by atoms with van der Waals surface area (Å²) in [4.78, 5) is 46.1. The van der Waals surface area contributed by atoms with Gasteiger partial charge in [0.2, 0.25) is 5.91 Å². The maximum absolute atomic E-state index is 12.4. The second-order valence-electron chi connectivity index (χ2n) is 16.6. The molecule has 0 saturated heterocycles. The number of esters is 1. The van der Waals surface area contributed by atoms with Gasteiger partial charge in [0, 0.05) is 12.8 Å². The number of hydrogen-bond donors (Lipinski definition) is 4. The fourth-order valence-corrected chi connectivity index (χ4v) is 7.42. The highest BCUT2D eigenvalue weighted by atomic mass is 31.2. The Morgan fingerprint density at radius 1 is 0.508 bits per heavy atom. The van der Waals surface area contributed by atoms with Gasteiger partial charge < -0.3 is 25.2 Å². The molecule has 0 saturated carbocycles. The summed E-state index contributed by atoms with van der Waals surface area (Å²) >= 11 is 0. The van der Waals surface area contributed by atoms with Gasteiger partial charge in [0.15, 0.2) is 6.04 Å². The zero-order chi connectivity index (χ0) is 46.3. The lowest BCUT2D eigenvalue weighted by atomic mass is 10.1. The van der Waals surface area contributed by atoms with Crippen LogP contribution in [0.25, 0.3) is 0 Å². The van der Waals surface area contributed by atoms with E-state index in [2.05, 4.69) is 79.9 Å². The molecule has 0 heterocycles. The van der Waals surface area contributed by atoms with Crippen LogP contribution in [0.1, 0.15) is 213 Å². The number of nitrogens with one attached hydrogen (secondary N) is 1. The normalized spacial score (nSPS) is 14.1. The zero-order valence-electron chi connectivity index (χ0n) is 39.6. The molecule has 0 bridgehead atoms. The van der Waals surface area contributed by atoms with Gasteiger partial charge in [-0.1, -0.05) is 177 Å². The van der Waals surface area contributed by atoms with Crippen molar-refractivity contribution >= 4 is 25.7 Å². The minimum Gasteiger partial charge on any atom is -0.480 e. The number of allylic oxidation sites excluding steroid dienone is 10. The number of phosphoric acid groups is 1. The molecule has 0 aromatic rings. The third-order valence-corrected chi connectivity index (χ3v) is 11.5. The minimum absolute atomic E-state index is 0.134. The van der Waals surface area contributed by atoms with E-state index in [1.165, 1.54) is 96.3 Å². The first-order chi connectivity index (χ1) is 30.6. The van der Waals surface area contributed by atoms with Gasteiger partial charge in [-0.2, -0.15) is 0 Å². The number of amides is 1. The quantitative estimate of drug-likeness (QED) is 0.0200. The first-order valence-corrected chi connectivity index (χ1v) is 26.3. The summed E-state index contributed by atoms with van der Waals surface area (Å²) in [6.07, 6.45) is 53.7. The summed E-state index contributed by atoms with van der Waals surface area (Å²) < 4.78 is 26.9. The number of aliphatic hydroxyl groups is 1. The summed E-state index contributed by atoms with van der Waals surface area (Å²) in [6.45, 7) is 2.55. The zero-order valence-corrected chi connectivity index (χ0v) is 40.5.